The summed E-state index contributed by atoms with van der Waals surface area (Å²) in [4.78, 5) is 23.7. The molecular weight excluding hydrogens is 386 g/mol. The highest BCUT2D eigenvalue weighted by atomic mass is 32.1. The van der Waals surface area contributed by atoms with Crippen LogP contribution in [0.1, 0.15) is 35.1 Å². The highest BCUT2D eigenvalue weighted by Crippen LogP contribution is 2.44. The van der Waals surface area contributed by atoms with Crippen LogP contribution in [0.4, 0.5) is 0 Å². The molecule has 5 rings (SSSR count). The van der Waals surface area contributed by atoms with E-state index < -0.39 is 0 Å². The lowest BCUT2D eigenvalue weighted by Crippen LogP contribution is -2.56. The van der Waals surface area contributed by atoms with Gasteiger partial charge in [0.2, 0.25) is 5.91 Å². The maximum Gasteiger partial charge on any atom is 0.244 e. The van der Waals surface area contributed by atoms with Gasteiger partial charge in [-0.2, -0.15) is 5.10 Å². The molecular formula is C21H29N5O2S. The molecule has 7 nitrogen and oxygen atoms in total. The summed E-state index contributed by atoms with van der Waals surface area (Å²) in [5.74, 6) is 0.719. The Kier molecular flexibility index (Phi) is 5.17. The molecule has 3 aliphatic heterocycles. The van der Waals surface area contributed by atoms with Gasteiger partial charge in [0.1, 0.15) is 19.2 Å². The zero-order valence-electron chi connectivity index (χ0n) is 17.0. The standard InChI is InChI=1S/C21H29N5O2S/c1-2-17-9-18-19(29-17)3-8-28-21(18)4-6-24(7-5-21)10-16-11-25(12-16)20(27)13-26-15-22-14-23-26/h9,14-16H,2-8,10-13H2,1H3. The second kappa shape index (κ2) is 7.81. The molecule has 0 aliphatic carbocycles. The number of thiophene rings is 1. The minimum Gasteiger partial charge on any atom is -0.370 e. The van der Waals surface area contributed by atoms with Crippen LogP contribution in [-0.2, 0) is 34.5 Å². The zero-order chi connectivity index (χ0) is 19.8. The lowest BCUT2D eigenvalue weighted by atomic mass is 9.82. The Bertz CT molecular complexity index is 851. The first-order chi connectivity index (χ1) is 14.1. The third-order valence-electron chi connectivity index (χ3n) is 6.66. The lowest BCUT2D eigenvalue weighted by Gasteiger charge is -2.47. The number of hydrogen-bond acceptors (Lipinski definition) is 6. The van der Waals surface area contributed by atoms with Gasteiger partial charge in [0.15, 0.2) is 0 Å². The highest BCUT2D eigenvalue weighted by Gasteiger charge is 2.42. The topological polar surface area (TPSA) is 63.5 Å². The monoisotopic (exact) mass is 415 g/mol. The van der Waals surface area contributed by atoms with Gasteiger partial charge in [-0.05, 0) is 30.9 Å². The molecule has 0 saturated carbocycles. The molecule has 8 heteroatoms. The normalized spacial score (nSPS) is 21.9. The van der Waals surface area contributed by atoms with E-state index in [9.17, 15) is 4.79 Å². The van der Waals surface area contributed by atoms with Crippen LogP contribution in [0.15, 0.2) is 18.7 Å². The van der Waals surface area contributed by atoms with Crippen molar-refractivity contribution in [2.24, 2.45) is 5.92 Å². The van der Waals surface area contributed by atoms with Crippen molar-refractivity contribution in [1.29, 1.82) is 0 Å². The van der Waals surface area contributed by atoms with Gasteiger partial charge in [-0.25, -0.2) is 9.67 Å². The summed E-state index contributed by atoms with van der Waals surface area (Å²) in [6.07, 6.45) is 7.42. The largest absolute Gasteiger partial charge is 0.370 e. The number of carbonyl (C=O) groups is 1. The summed E-state index contributed by atoms with van der Waals surface area (Å²) < 4.78 is 7.99. The number of amides is 1. The molecule has 5 heterocycles. The number of aryl methyl sites for hydroxylation is 1. The van der Waals surface area contributed by atoms with Crippen LogP contribution in [0.3, 0.4) is 0 Å². The average Bonchev–Trinajstić information content (AvgIpc) is 3.36. The number of hydrogen-bond donors (Lipinski definition) is 0. The van der Waals surface area contributed by atoms with Crippen LogP contribution < -0.4 is 0 Å². The van der Waals surface area contributed by atoms with Crippen molar-refractivity contribution in [1.82, 2.24) is 24.6 Å². The third kappa shape index (κ3) is 3.73. The molecule has 0 N–H and O–H groups in total. The molecule has 2 saturated heterocycles. The molecule has 3 aliphatic rings. The average molecular weight is 416 g/mol. The number of aromatic nitrogens is 3. The quantitative estimate of drug-likeness (QED) is 0.747. The van der Waals surface area contributed by atoms with Gasteiger partial charge in [0.05, 0.1) is 12.2 Å². The van der Waals surface area contributed by atoms with E-state index >= 15 is 0 Å². The maximum atomic E-state index is 12.3. The summed E-state index contributed by atoms with van der Waals surface area (Å²) in [6.45, 7) is 8.37. The first kappa shape index (κ1) is 19.2. The van der Waals surface area contributed by atoms with Crippen molar-refractivity contribution in [2.75, 3.05) is 39.3 Å². The first-order valence-corrected chi connectivity index (χ1v) is 11.6. The van der Waals surface area contributed by atoms with Gasteiger partial charge in [-0.15, -0.1) is 11.3 Å². The molecule has 1 amide bonds. The number of nitrogens with zero attached hydrogens (tertiary/aromatic N) is 5. The summed E-state index contributed by atoms with van der Waals surface area (Å²) >= 11 is 1.99. The molecule has 0 atom stereocenters. The van der Waals surface area contributed by atoms with Gasteiger partial charge in [0.25, 0.3) is 0 Å². The predicted molar refractivity (Wildman–Crippen MR) is 111 cm³/mol. The molecule has 156 valence electrons. The Morgan fingerprint density at radius 1 is 1.34 bits per heavy atom. The minimum atomic E-state index is -0.0482. The zero-order valence-corrected chi connectivity index (χ0v) is 17.9. The van der Waals surface area contributed by atoms with E-state index in [1.807, 2.05) is 16.2 Å². The molecule has 1 spiro atoms. The summed E-state index contributed by atoms with van der Waals surface area (Å²) in [5.41, 5.74) is 1.44. The molecule has 0 aromatic carbocycles. The van der Waals surface area contributed by atoms with Gasteiger partial charge >= 0.3 is 0 Å². The molecule has 0 bridgehead atoms. The third-order valence-corrected chi connectivity index (χ3v) is 8.00. The minimum absolute atomic E-state index is 0.0482. The lowest BCUT2D eigenvalue weighted by molar-refractivity contribution is -0.139. The van der Waals surface area contributed by atoms with Crippen LogP contribution in [0.25, 0.3) is 0 Å². The Hall–Kier alpha value is -1.77. The second-order valence-electron chi connectivity index (χ2n) is 8.55. The molecule has 0 unspecified atom stereocenters. The maximum absolute atomic E-state index is 12.3. The number of rotatable bonds is 5. The van der Waals surface area contributed by atoms with Crippen LogP contribution >= 0.6 is 11.3 Å². The van der Waals surface area contributed by atoms with E-state index in [0.29, 0.717) is 12.5 Å². The van der Waals surface area contributed by atoms with Crippen molar-refractivity contribution in [3.05, 3.63) is 34.0 Å². The Balaban J connectivity index is 1.11. The number of fused-ring (bicyclic) bond motifs is 2. The number of likely N-dealkylation sites (tertiary alicyclic amines) is 2. The Morgan fingerprint density at radius 2 is 2.17 bits per heavy atom. The van der Waals surface area contributed by atoms with E-state index in [0.717, 1.165) is 65.0 Å². The van der Waals surface area contributed by atoms with Gasteiger partial charge in [0, 0.05) is 54.8 Å². The van der Waals surface area contributed by atoms with Crippen LogP contribution in [0.5, 0.6) is 0 Å². The molecule has 2 aromatic heterocycles. The van der Waals surface area contributed by atoms with Crippen molar-refractivity contribution in [2.45, 2.75) is 44.8 Å². The van der Waals surface area contributed by atoms with Crippen molar-refractivity contribution in [3.63, 3.8) is 0 Å². The number of carbonyl (C=O) groups excluding carboxylic acids is 1. The number of piperidine rings is 1. The SMILES string of the molecule is CCc1cc2c(s1)CCOC21CCN(CC2CN(C(=O)Cn3cncn3)C2)CC1. The Morgan fingerprint density at radius 3 is 2.90 bits per heavy atom. The van der Waals surface area contributed by atoms with E-state index in [1.165, 1.54) is 16.8 Å². The van der Waals surface area contributed by atoms with E-state index in [1.54, 1.807) is 15.9 Å². The molecule has 29 heavy (non-hydrogen) atoms. The fraction of sp³-hybridized carbons (Fsp3) is 0.667. The summed E-state index contributed by atoms with van der Waals surface area (Å²) in [5, 5.41) is 4.01. The fourth-order valence-corrected chi connectivity index (χ4v) is 6.14. The van der Waals surface area contributed by atoms with E-state index in [-0.39, 0.29) is 11.5 Å². The van der Waals surface area contributed by atoms with Crippen molar-refractivity contribution < 1.29 is 9.53 Å². The van der Waals surface area contributed by atoms with E-state index in [2.05, 4.69) is 28.0 Å². The van der Waals surface area contributed by atoms with Crippen LogP contribution in [-0.4, -0.2) is 69.8 Å². The van der Waals surface area contributed by atoms with Crippen molar-refractivity contribution >= 4 is 17.2 Å². The van der Waals surface area contributed by atoms with Crippen LogP contribution in [0.2, 0.25) is 0 Å². The predicted octanol–water partition coefficient (Wildman–Crippen LogP) is 1.92. The molecule has 2 fully saturated rings. The van der Waals surface area contributed by atoms with Gasteiger partial charge in [-0.1, -0.05) is 6.92 Å². The van der Waals surface area contributed by atoms with Crippen LogP contribution in [0, 0.1) is 5.92 Å². The van der Waals surface area contributed by atoms with Gasteiger partial charge < -0.3 is 14.5 Å². The van der Waals surface area contributed by atoms with Crippen molar-refractivity contribution in [3.8, 4) is 0 Å². The summed E-state index contributed by atoms with van der Waals surface area (Å²) in [6, 6.07) is 2.42. The molecule has 2 aromatic rings. The highest BCUT2D eigenvalue weighted by molar-refractivity contribution is 7.12. The van der Waals surface area contributed by atoms with Gasteiger partial charge in [-0.3, -0.25) is 4.79 Å². The second-order valence-corrected chi connectivity index (χ2v) is 9.78. The molecule has 0 radical (unpaired) electrons. The summed E-state index contributed by atoms with van der Waals surface area (Å²) in [7, 11) is 0. The first-order valence-electron chi connectivity index (χ1n) is 10.7. The smallest absolute Gasteiger partial charge is 0.244 e. The van der Waals surface area contributed by atoms with E-state index in [4.69, 9.17) is 4.74 Å². The fourth-order valence-electron chi connectivity index (χ4n) is 4.96. The Labute approximate surface area is 175 Å². The number of ether oxygens (including phenoxy) is 1.